The molecule has 0 radical (unpaired) electrons. The van der Waals surface area contributed by atoms with Gasteiger partial charge in [0, 0.05) is 6.54 Å². The molecule has 15 heavy (non-hydrogen) atoms. The minimum absolute atomic E-state index is 0.747. The Morgan fingerprint density at radius 1 is 1.27 bits per heavy atom. The van der Waals surface area contributed by atoms with Crippen LogP contribution in [0.4, 0.5) is 0 Å². The number of hydrogen-bond donors (Lipinski definition) is 1. The van der Waals surface area contributed by atoms with Gasteiger partial charge in [0.05, 0.1) is 0 Å². The third-order valence-electron chi connectivity index (χ3n) is 2.25. The molecule has 5 nitrogen and oxygen atoms in total. The van der Waals surface area contributed by atoms with Gasteiger partial charge in [-0.05, 0) is 47.0 Å². The first kappa shape index (κ1) is 12.1. The van der Waals surface area contributed by atoms with Gasteiger partial charge in [-0.25, -0.2) is 4.63 Å². The van der Waals surface area contributed by atoms with Gasteiger partial charge in [-0.15, -0.1) is 0 Å². The topological polar surface area (TPSA) is 54.2 Å². The molecule has 0 unspecified atom stereocenters. The van der Waals surface area contributed by atoms with E-state index in [4.69, 9.17) is 0 Å². The maximum Gasteiger partial charge on any atom is 0.121 e. The van der Waals surface area contributed by atoms with Gasteiger partial charge in [-0.1, -0.05) is 10.3 Å². The molecule has 0 fully saturated rings. The Bertz CT molecular complexity index is 272. The fourth-order valence-electron chi connectivity index (χ4n) is 1.29. The maximum absolute atomic E-state index is 4.61. The third-order valence-corrected chi connectivity index (χ3v) is 2.25. The molecule has 0 aliphatic carbocycles. The lowest BCUT2D eigenvalue weighted by Crippen LogP contribution is -2.18. The molecule has 0 saturated carbocycles. The highest BCUT2D eigenvalue weighted by atomic mass is 16.6. The molecule has 1 aromatic heterocycles. The minimum atomic E-state index is 0.747. The summed E-state index contributed by atoms with van der Waals surface area (Å²) < 4.78 is 4.61. The summed E-state index contributed by atoms with van der Waals surface area (Å²) in [6.07, 6.45) is 2.40. The van der Waals surface area contributed by atoms with Crippen LogP contribution in [0.5, 0.6) is 0 Å². The Hall–Kier alpha value is -0.940. The molecular weight excluding hydrogens is 192 g/mol. The molecule has 86 valence electrons. The van der Waals surface area contributed by atoms with Crippen molar-refractivity contribution in [2.24, 2.45) is 0 Å². The molecular formula is C10H20N4O. The van der Waals surface area contributed by atoms with Crippen molar-refractivity contribution in [3.63, 3.8) is 0 Å². The standard InChI is InChI=1S/C10H20N4O/c1-9-10(13-15-12-9)8-11-6-4-5-7-14(2)3/h11H,4-8H2,1-3H3. The summed E-state index contributed by atoms with van der Waals surface area (Å²) in [5.74, 6) is 0. The number of nitrogens with zero attached hydrogens (tertiary/aromatic N) is 3. The highest BCUT2D eigenvalue weighted by molar-refractivity contribution is 5.03. The van der Waals surface area contributed by atoms with Gasteiger partial charge in [0.25, 0.3) is 0 Å². The minimum Gasteiger partial charge on any atom is -0.311 e. The van der Waals surface area contributed by atoms with Crippen LogP contribution in [0.3, 0.4) is 0 Å². The molecule has 1 N–H and O–H groups in total. The maximum atomic E-state index is 4.61. The van der Waals surface area contributed by atoms with Crippen LogP contribution in [0.15, 0.2) is 4.63 Å². The van der Waals surface area contributed by atoms with Crippen LogP contribution in [-0.4, -0.2) is 42.4 Å². The summed E-state index contributed by atoms with van der Waals surface area (Å²) in [6.45, 7) is 4.81. The molecule has 1 heterocycles. The smallest absolute Gasteiger partial charge is 0.121 e. The van der Waals surface area contributed by atoms with Crippen LogP contribution in [0.1, 0.15) is 24.2 Å². The molecule has 0 aromatic carbocycles. The summed E-state index contributed by atoms with van der Waals surface area (Å²) in [5, 5.41) is 10.8. The van der Waals surface area contributed by atoms with Crippen LogP contribution in [0, 0.1) is 6.92 Å². The Balaban J connectivity index is 2.00. The monoisotopic (exact) mass is 212 g/mol. The molecule has 0 bridgehead atoms. The molecule has 5 heteroatoms. The fourth-order valence-corrected chi connectivity index (χ4v) is 1.29. The average Bonchev–Trinajstić information content (AvgIpc) is 2.57. The van der Waals surface area contributed by atoms with Crippen LogP contribution in [0.25, 0.3) is 0 Å². The van der Waals surface area contributed by atoms with Crippen molar-refractivity contribution in [1.82, 2.24) is 20.5 Å². The normalized spacial score (nSPS) is 11.2. The van der Waals surface area contributed by atoms with Crippen molar-refractivity contribution >= 4 is 0 Å². The lowest BCUT2D eigenvalue weighted by molar-refractivity contribution is 0.300. The van der Waals surface area contributed by atoms with E-state index in [0.29, 0.717) is 0 Å². The van der Waals surface area contributed by atoms with Gasteiger partial charge < -0.3 is 10.2 Å². The summed E-state index contributed by atoms with van der Waals surface area (Å²) in [4.78, 5) is 2.20. The lowest BCUT2D eigenvalue weighted by atomic mass is 10.3. The van der Waals surface area contributed by atoms with Crippen molar-refractivity contribution in [3.8, 4) is 0 Å². The number of aromatic nitrogens is 2. The summed E-state index contributed by atoms with van der Waals surface area (Å²) in [5.41, 5.74) is 1.78. The number of hydrogen-bond acceptors (Lipinski definition) is 5. The van der Waals surface area contributed by atoms with E-state index in [-0.39, 0.29) is 0 Å². The van der Waals surface area contributed by atoms with E-state index in [9.17, 15) is 0 Å². The zero-order valence-electron chi connectivity index (χ0n) is 9.79. The molecule has 1 rings (SSSR count). The van der Waals surface area contributed by atoms with Crippen LogP contribution >= 0.6 is 0 Å². The second-order valence-electron chi connectivity index (χ2n) is 3.98. The zero-order valence-corrected chi connectivity index (χ0v) is 9.79. The first-order valence-electron chi connectivity index (χ1n) is 5.33. The number of aryl methyl sites for hydroxylation is 1. The Morgan fingerprint density at radius 2 is 2.07 bits per heavy atom. The quantitative estimate of drug-likeness (QED) is 0.678. The van der Waals surface area contributed by atoms with E-state index >= 15 is 0 Å². The first-order valence-corrected chi connectivity index (χ1v) is 5.33. The van der Waals surface area contributed by atoms with Gasteiger partial charge in [-0.3, -0.25) is 0 Å². The van der Waals surface area contributed by atoms with Crippen molar-refractivity contribution in [2.45, 2.75) is 26.3 Å². The highest BCUT2D eigenvalue weighted by Crippen LogP contribution is 1.99. The summed E-state index contributed by atoms with van der Waals surface area (Å²) in [6, 6.07) is 0. The largest absolute Gasteiger partial charge is 0.311 e. The van der Waals surface area contributed by atoms with Crippen molar-refractivity contribution < 1.29 is 4.63 Å². The van der Waals surface area contributed by atoms with Crippen LogP contribution < -0.4 is 5.32 Å². The van der Waals surface area contributed by atoms with E-state index in [1.807, 2.05) is 6.92 Å². The molecule has 1 aromatic rings. The lowest BCUT2D eigenvalue weighted by Gasteiger charge is -2.08. The highest BCUT2D eigenvalue weighted by Gasteiger charge is 2.03. The first-order chi connectivity index (χ1) is 7.20. The van der Waals surface area contributed by atoms with E-state index < -0.39 is 0 Å². The van der Waals surface area contributed by atoms with Crippen LogP contribution in [0.2, 0.25) is 0 Å². The molecule has 0 spiro atoms. The van der Waals surface area contributed by atoms with Crippen molar-refractivity contribution in [2.75, 3.05) is 27.2 Å². The third kappa shape index (κ3) is 4.90. The van der Waals surface area contributed by atoms with E-state index in [1.165, 1.54) is 12.8 Å². The zero-order chi connectivity index (χ0) is 11.1. The number of unbranched alkanes of at least 4 members (excludes halogenated alkanes) is 1. The summed E-state index contributed by atoms with van der Waals surface area (Å²) in [7, 11) is 4.19. The van der Waals surface area contributed by atoms with Gasteiger partial charge in [0.2, 0.25) is 0 Å². The van der Waals surface area contributed by atoms with E-state index in [0.717, 1.165) is 31.0 Å². The molecule has 0 atom stereocenters. The van der Waals surface area contributed by atoms with Crippen LogP contribution in [-0.2, 0) is 6.54 Å². The Morgan fingerprint density at radius 3 is 2.67 bits per heavy atom. The van der Waals surface area contributed by atoms with E-state index in [1.54, 1.807) is 0 Å². The predicted molar refractivity (Wildman–Crippen MR) is 58.5 cm³/mol. The van der Waals surface area contributed by atoms with Gasteiger partial charge in [0.15, 0.2) is 0 Å². The number of nitrogens with one attached hydrogen (secondary N) is 1. The van der Waals surface area contributed by atoms with Gasteiger partial charge in [-0.2, -0.15) is 0 Å². The SMILES string of the molecule is Cc1nonc1CNCCCCN(C)C. The second-order valence-corrected chi connectivity index (χ2v) is 3.98. The summed E-state index contributed by atoms with van der Waals surface area (Å²) >= 11 is 0. The second kappa shape index (κ2) is 6.53. The molecule has 0 aliphatic rings. The molecule has 0 amide bonds. The van der Waals surface area contributed by atoms with Crippen molar-refractivity contribution in [1.29, 1.82) is 0 Å². The fraction of sp³-hybridized carbons (Fsp3) is 0.800. The Labute approximate surface area is 90.8 Å². The van der Waals surface area contributed by atoms with Gasteiger partial charge in [0.1, 0.15) is 11.4 Å². The van der Waals surface area contributed by atoms with Gasteiger partial charge >= 0.3 is 0 Å². The van der Waals surface area contributed by atoms with E-state index in [2.05, 4.69) is 39.3 Å². The average molecular weight is 212 g/mol. The van der Waals surface area contributed by atoms with Crippen molar-refractivity contribution in [3.05, 3.63) is 11.4 Å². The Kier molecular flexibility index (Phi) is 5.28. The molecule has 0 saturated heterocycles. The molecule has 0 aliphatic heterocycles. The number of rotatable bonds is 7. The predicted octanol–water partition coefficient (Wildman–Crippen LogP) is 0.809.